The molecule has 6 nitrogen and oxygen atoms in total. The number of carbonyl (C=O) groups is 1. The number of rotatable bonds is 8. The highest BCUT2D eigenvalue weighted by Gasteiger charge is 2.21. The Balaban J connectivity index is 2.22. The predicted molar refractivity (Wildman–Crippen MR) is 114 cm³/mol. The molecule has 0 bridgehead atoms. The van der Waals surface area contributed by atoms with Gasteiger partial charge in [0.05, 0.1) is 32.9 Å². The number of benzene rings is 2. The quantitative estimate of drug-likeness (QED) is 0.583. The zero-order valence-corrected chi connectivity index (χ0v) is 18.4. The molecule has 0 saturated heterocycles. The normalized spacial score (nSPS) is 11.8. The molecular formula is C20H25IN2O4. The maximum atomic E-state index is 12.8. The van der Waals surface area contributed by atoms with Crippen molar-refractivity contribution in [2.45, 2.75) is 6.04 Å². The van der Waals surface area contributed by atoms with Crippen LogP contribution in [0.2, 0.25) is 0 Å². The van der Waals surface area contributed by atoms with Crippen LogP contribution in [-0.4, -0.2) is 52.8 Å². The summed E-state index contributed by atoms with van der Waals surface area (Å²) in [6.45, 7) is 0.441. The van der Waals surface area contributed by atoms with Crippen molar-refractivity contribution in [3.8, 4) is 17.2 Å². The minimum Gasteiger partial charge on any atom is -0.496 e. The summed E-state index contributed by atoms with van der Waals surface area (Å²) in [7, 11) is 8.72. The summed E-state index contributed by atoms with van der Waals surface area (Å²) in [5.74, 6) is 1.75. The van der Waals surface area contributed by atoms with Gasteiger partial charge in [-0.2, -0.15) is 0 Å². The van der Waals surface area contributed by atoms with Crippen molar-refractivity contribution in [3.63, 3.8) is 0 Å². The molecule has 27 heavy (non-hydrogen) atoms. The van der Waals surface area contributed by atoms with Crippen molar-refractivity contribution in [1.29, 1.82) is 0 Å². The third-order valence-electron chi connectivity index (χ3n) is 4.30. The molecule has 2 aromatic carbocycles. The second kappa shape index (κ2) is 9.80. The Labute approximate surface area is 173 Å². The molecule has 2 rings (SSSR count). The lowest BCUT2D eigenvalue weighted by molar-refractivity contribution is 0.0940. The van der Waals surface area contributed by atoms with E-state index in [9.17, 15) is 4.79 Å². The van der Waals surface area contributed by atoms with Gasteiger partial charge in [0.15, 0.2) is 11.5 Å². The summed E-state index contributed by atoms with van der Waals surface area (Å²) in [5, 5.41) is 3.02. The highest BCUT2D eigenvalue weighted by molar-refractivity contribution is 14.1. The first-order chi connectivity index (χ1) is 12.9. The van der Waals surface area contributed by atoms with E-state index in [-0.39, 0.29) is 11.9 Å². The van der Waals surface area contributed by atoms with Gasteiger partial charge >= 0.3 is 0 Å². The average Bonchev–Trinajstić information content (AvgIpc) is 2.67. The topological polar surface area (TPSA) is 60.0 Å². The van der Waals surface area contributed by atoms with Crippen LogP contribution >= 0.6 is 22.6 Å². The van der Waals surface area contributed by atoms with Crippen LogP contribution in [0, 0.1) is 3.57 Å². The Bertz CT molecular complexity index is 796. The van der Waals surface area contributed by atoms with Gasteiger partial charge in [-0.15, -0.1) is 0 Å². The van der Waals surface area contributed by atoms with Crippen LogP contribution in [0.15, 0.2) is 36.4 Å². The van der Waals surface area contributed by atoms with Crippen LogP contribution in [0.5, 0.6) is 17.2 Å². The predicted octanol–water partition coefficient (Wildman–Crippen LogP) is 3.35. The Kier molecular flexibility index (Phi) is 7.73. The molecule has 146 valence electrons. The zero-order valence-electron chi connectivity index (χ0n) is 16.2. The third-order valence-corrected chi connectivity index (χ3v) is 5.19. The second-order valence-corrected chi connectivity index (χ2v) is 7.28. The standard InChI is InChI=1S/C20H25IN2O4/c1-23(2)16(13-8-6-7-9-17(13)25-3)12-22-20(24)14-10-18(26-4)19(27-5)11-15(14)21/h6-11,16H,12H2,1-5H3,(H,22,24). The minimum atomic E-state index is -0.165. The van der Waals surface area contributed by atoms with Crippen LogP contribution in [-0.2, 0) is 0 Å². The first kappa shape index (κ1) is 21.3. The molecule has 1 unspecified atom stereocenters. The number of halogens is 1. The SMILES string of the molecule is COc1cc(I)c(C(=O)NCC(c2ccccc2OC)N(C)C)cc1OC. The second-order valence-electron chi connectivity index (χ2n) is 6.12. The minimum absolute atomic E-state index is 0.0251. The molecule has 0 aromatic heterocycles. The number of amides is 1. The number of para-hydroxylation sites is 1. The Morgan fingerprint density at radius 1 is 1.04 bits per heavy atom. The van der Waals surface area contributed by atoms with E-state index < -0.39 is 0 Å². The van der Waals surface area contributed by atoms with Gasteiger partial charge < -0.3 is 24.4 Å². The van der Waals surface area contributed by atoms with Crippen molar-refractivity contribution in [2.24, 2.45) is 0 Å². The fraction of sp³-hybridized carbons (Fsp3) is 0.350. The average molecular weight is 484 g/mol. The number of methoxy groups -OCH3 is 3. The first-order valence-electron chi connectivity index (χ1n) is 8.42. The summed E-state index contributed by atoms with van der Waals surface area (Å²) < 4.78 is 16.9. The molecule has 0 aliphatic rings. The summed E-state index contributed by atoms with van der Waals surface area (Å²) in [4.78, 5) is 14.8. The summed E-state index contributed by atoms with van der Waals surface area (Å²) in [6.07, 6.45) is 0. The van der Waals surface area contributed by atoms with E-state index in [1.165, 1.54) is 0 Å². The molecule has 7 heteroatoms. The number of hydrogen-bond acceptors (Lipinski definition) is 5. The molecule has 1 amide bonds. The molecule has 0 aliphatic carbocycles. The maximum Gasteiger partial charge on any atom is 0.252 e. The Morgan fingerprint density at radius 2 is 1.63 bits per heavy atom. The highest BCUT2D eigenvalue weighted by Crippen LogP contribution is 2.32. The zero-order chi connectivity index (χ0) is 20.0. The summed E-state index contributed by atoms with van der Waals surface area (Å²) in [5.41, 5.74) is 1.57. The van der Waals surface area contributed by atoms with Gasteiger partial charge in [0.1, 0.15) is 5.75 Å². The van der Waals surface area contributed by atoms with Crippen molar-refractivity contribution >= 4 is 28.5 Å². The fourth-order valence-corrected chi connectivity index (χ4v) is 3.51. The molecule has 0 fully saturated rings. The Morgan fingerprint density at radius 3 is 2.22 bits per heavy atom. The van der Waals surface area contributed by atoms with Gasteiger partial charge in [-0.3, -0.25) is 4.79 Å². The number of hydrogen-bond donors (Lipinski definition) is 1. The largest absolute Gasteiger partial charge is 0.496 e. The van der Waals surface area contributed by atoms with Crippen molar-refractivity contribution in [3.05, 3.63) is 51.1 Å². The monoisotopic (exact) mass is 484 g/mol. The van der Waals surface area contributed by atoms with Crippen LogP contribution in [0.4, 0.5) is 0 Å². The van der Waals surface area contributed by atoms with E-state index in [2.05, 4.69) is 32.8 Å². The number of nitrogens with zero attached hydrogens (tertiary/aromatic N) is 1. The molecule has 2 aromatic rings. The molecule has 0 heterocycles. The van der Waals surface area contributed by atoms with E-state index in [4.69, 9.17) is 14.2 Å². The van der Waals surface area contributed by atoms with E-state index in [0.29, 0.717) is 23.6 Å². The van der Waals surface area contributed by atoms with Crippen molar-refractivity contribution < 1.29 is 19.0 Å². The van der Waals surface area contributed by atoms with Crippen LogP contribution in [0.1, 0.15) is 22.0 Å². The van der Waals surface area contributed by atoms with Gasteiger partial charge in [0.25, 0.3) is 5.91 Å². The van der Waals surface area contributed by atoms with Crippen LogP contribution in [0.3, 0.4) is 0 Å². The van der Waals surface area contributed by atoms with Gasteiger partial charge in [-0.05, 0) is 54.9 Å². The molecule has 0 saturated carbocycles. The summed E-state index contributed by atoms with van der Waals surface area (Å²) in [6, 6.07) is 11.3. The molecule has 0 spiro atoms. The molecular weight excluding hydrogens is 459 g/mol. The molecule has 0 radical (unpaired) electrons. The van der Waals surface area contributed by atoms with Gasteiger partial charge in [0.2, 0.25) is 0 Å². The molecule has 1 atom stereocenters. The van der Waals surface area contributed by atoms with E-state index in [0.717, 1.165) is 14.9 Å². The lowest BCUT2D eigenvalue weighted by atomic mass is 10.0. The number of nitrogens with one attached hydrogen (secondary N) is 1. The number of carbonyl (C=O) groups excluding carboxylic acids is 1. The van der Waals surface area contributed by atoms with Gasteiger partial charge in [0, 0.05) is 15.7 Å². The van der Waals surface area contributed by atoms with E-state index in [1.54, 1.807) is 33.5 Å². The van der Waals surface area contributed by atoms with Gasteiger partial charge in [-0.25, -0.2) is 0 Å². The van der Waals surface area contributed by atoms with Crippen LogP contribution < -0.4 is 19.5 Å². The first-order valence-corrected chi connectivity index (χ1v) is 9.49. The van der Waals surface area contributed by atoms with Crippen molar-refractivity contribution in [2.75, 3.05) is 42.0 Å². The van der Waals surface area contributed by atoms with Crippen molar-refractivity contribution in [1.82, 2.24) is 10.2 Å². The third kappa shape index (κ3) is 5.04. The number of ether oxygens (including phenoxy) is 3. The van der Waals surface area contributed by atoms with E-state index in [1.807, 2.05) is 38.4 Å². The van der Waals surface area contributed by atoms with Gasteiger partial charge in [-0.1, -0.05) is 18.2 Å². The molecule has 0 aliphatic heterocycles. The smallest absolute Gasteiger partial charge is 0.252 e. The fourth-order valence-electron chi connectivity index (χ4n) is 2.83. The Hall–Kier alpha value is -2.00. The van der Waals surface area contributed by atoms with E-state index >= 15 is 0 Å². The van der Waals surface area contributed by atoms with Crippen LogP contribution in [0.25, 0.3) is 0 Å². The maximum absolute atomic E-state index is 12.8. The molecule has 1 N–H and O–H groups in total. The lowest BCUT2D eigenvalue weighted by Crippen LogP contribution is -2.35. The highest BCUT2D eigenvalue weighted by atomic mass is 127. The number of likely N-dealkylation sites (N-methyl/N-ethyl adjacent to an activating group) is 1. The lowest BCUT2D eigenvalue weighted by Gasteiger charge is -2.26. The summed E-state index contributed by atoms with van der Waals surface area (Å²) >= 11 is 2.12.